The first-order valence-electron chi connectivity index (χ1n) is 6.50. The van der Waals surface area contributed by atoms with Crippen LogP contribution in [0.25, 0.3) is 0 Å². The third-order valence-electron chi connectivity index (χ3n) is 2.85. The van der Waals surface area contributed by atoms with Crippen LogP contribution in [-0.4, -0.2) is 24.5 Å². The molecule has 7 nitrogen and oxygen atoms in total. The lowest BCUT2D eigenvalue weighted by atomic mass is 10.2. The minimum Gasteiger partial charge on any atom is -0.495 e. The van der Waals surface area contributed by atoms with Crippen LogP contribution in [0, 0.1) is 13.7 Å². The maximum atomic E-state index is 11.9. The minimum absolute atomic E-state index is 0.139. The van der Waals surface area contributed by atoms with Crippen molar-refractivity contribution in [2.75, 3.05) is 19.0 Å². The molecule has 0 aliphatic heterocycles. The number of rotatable bonds is 6. The largest absolute Gasteiger partial charge is 0.495 e. The van der Waals surface area contributed by atoms with Crippen LogP contribution in [0.5, 0.6) is 11.5 Å². The molecular weight excluding hydrogens is 415 g/mol. The molecule has 0 spiro atoms. The molecule has 0 radical (unpaired) electrons. The second kappa shape index (κ2) is 7.77. The molecule has 1 N–H and O–H groups in total. The third kappa shape index (κ3) is 4.81. The van der Waals surface area contributed by atoms with Gasteiger partial charge in [-0.15, -0.1) is 0 Å². The Kier molecular flexibility index (Phi) is 5.74. The normalized spacial score (nSPS) is 10.0. The van der Waals surface area contributed by atoms with Crippen molar-refractivity contribution >= 4 is 39.9 Å². The summed E-state index contributed by atoms with van der Waals surface area (Å²) in [4.78, 5) is 22.2. The molecule has 0 aliphatic carbocycles. The fraction of sp³-hybridized carbons (Fsp3) is 0.133. The van der Waals surface area contributed by atoms with Crippen molar-refractivity contribution in [2.45, 2.75) is 0 Å². The van der Waals surface area contributed by atoms with Crippen LogP contribution < -0.4 is 14.8 Å². The number of benzene rings is 2. The molecular formula is C15H13IN2O5. The zero-order valence-corrected chi connectivity index (χ0v) is 14.3. The molecule has 2 rings (SSSR count). The SMILES string of the molecule is COc1ccc([N+](=O)[O-])cc1NC(=O)COc1ccc(I)cc1. The number of anilines is 1. The van der Waals surface area contributed by atoms with Crippen molar-refractivity contribution in [3.63, 3.8) is 0 Å². The molecule has 2 aromatic rings. The summed E-state index contributed by atoms with van der Waals surface area (Å²) in [5.74, 6) is 0.451. The van der Waals surface area contributed by atoms with E-state index < -0.39 is 10.8 Å². The van der Waals surface area contributed by atoms with Crippen LogP contribution in [-0.2, 0) is 4.79 Å². The van der Waals surface area contributed by atoms with E-state index in [2.05, 4.69) is 27.9 Å². The van der Waals surface area contributed by atoms with E-state index in [0.29, 0.717) is 11.5 Å². The van der Waals surface area contributed by atoms with Gasteiger partial charge in [-0.05, 0) is 52.9 Å². The minimum atomic E-state index is -0.544. The fourth-order valence-electron chi connectivity index (χ4n) is 1.77. The third-order valence-corrected chi connectivity index (χ3v) is 3.57. The van der Waals surface area contributed by atoms with Crippen molar-refractivity contribution in [1.82, 2.24) is 0 Å². The summed E-state index contributed by atoms with van der Waals surface area (Å²) in [6.45, 7) is -0.216. The molecule has 8 heteroatoms. The molecule has 23 heavy (non-hydrogen) atoms. The van der Waals surface area contributed by atoms with E-state index in [1.165, 1.54) is 25.3 Å². The van der Waals surface area contributed by atoms with Gasteiger partial charge in [0.1, 0.15) is 11.5 Å². The lowest BCUT2D eigenvalue weighted by molar-refractivity contribution is -0.384. The molecule has 0 saturated heterocycles. The summed E-state index contributed by atoms with van der Waals surface area (Å²) < 4.78 is 11.5. The molecule has 1 amide bonds. The predicted octanol–water partition coefficient (Wildman–Crippen LogP) is 3.23. The van der Waals surface area contributed by atoms with Gasteiger partial charge in [-0.3, -0.25) is 14.9 Å². The second-order valence-corrected chi connectivity index (χ2v) is 5.68. The average molecular weight is 428 g/mol. The summed E-state index contributed by atoms with van der Waals surface area (Å²) in [5, 5.41) is 13.3. The number of nitrogens with zero attached hydrogens (tertiary/aromatic N) is 1. The van der Waals surface area contributed by atoms with Gasteiger partial charge in [-0.25, -0.2) is 0 Å². The molecule has 0 saturated carbocycles. The van der Waals surface area contributed by atoms with Gasteiger partial charge in [0, 0.05) is 15.7 Å². The number of methoxy groups -OCH3 is 1. The van der Waals surface area contributed by atoms with E-state index in [1.54, 1.807) is 12.1 Å². The Labute approximate surface area is 145 Å². The Morgan fingerprint density at radius 3 is 2.57 bits per heavy atom. The lowest BCUT2D eigenvalue weighted by Gasteiger charge is -2.10. The van der Waals surface area contributed by atoms with Gasteiger partial charge in [0.25, 0.3) is 11.6 Å². The number of halogens is 1. The van der Waals surface area contributed by atoms with Crippen molar-refractivity contribution in [3.8, 4) is 11.5 Å². The van der Waals surface area contributed by atoms with Crippen molar-refractivity contribution in [2.24, 2.45) is 0 Å². The van der Waals surface area contributed by atoms with Crippen LogP contribution in [0.3, 0.4) is 0 Å². The topological polar surface area (TPSA) is 90.7 Å². The second-order valence-electron chi connectivity index (χ2n) is 4.43. The summed E-state index contributed by atoms with van der Waals surface area (Å²) in [5.41, 5.74) is 0.0811. The van der Waals surface area contributed by atoms with E-state index in [-0.39, 0.29) is 18.0 Å². The van der Waals surface area contributed by atoms with Gasteiger partial charge in [0.2, 0.25) is 0 Å². The van der Waals surface area contributed by atoms with Gasteiger partial charge >= 0.3 is 0 Å². The summed E-state index contributed by atoms with van der Waals surface area (Å²) in [6.07, 6.45) is 0. The van der Waals surface area contributed by atoms with Crippen LogP contribution in [0.15, 0.2) is 42.5 Å². The highest BCUT2D eigenvalue weighted by Crippen LogP contribution is 2.28. The number of non-ortho nitro benzene ring substituents is 1. The number of amides is 1. The van der Waals surface area contributed by atoms with Gasteiger partial charge in [-0.1, -0.05) is 0 Å². The molecule has 0 bridgehead atoms. The highest BCUT2D eigenvalue weighted by atomic mass is 127. The highest BCUT2D eigenvalue weighted by molar-refractivity contribution is 14.1. The predicted molar refractivity (Wildman–Crippen MR) is 92.9 cm³/mol. The van der Waals surface area contributed by atoms with Crippen molar-refractivity contribution in [1.29, 1.82) is 0 Å². The van der Waals surface area contributed by atoms with E-state index in [0.717, 1.165) is 3.57 Å². The Hall–Kier alpha value is -2.36. The van der Waals surface area contributed by atoms with Crippen LogP contribution in [0.4, 0.5) is 11.4 Å². The van der Waals surface area contributed by atoms with Gasteiger partial charge < -0.3 is 14.8 Å². The Morgan fingerprint density at radius 2 is 1.96 bits per heavy atom. The molecule has 0 heterocycles. The average Bonchev–Trinajstić information content (AvgIpc) is 2.54. The Morgan fingerprint density at radius 1 is 1.26 bits per heavy atom. The van der Waals surface area contributed by atoms with E-state index in [9.17, 15) is 14.9 Å². The maximum absolute atomic E-state index is 11.9. The van der Waals surface area contributed by atoms with Crippen LogP contribution in [0.2, 0.25) is 0 Å². The van der Waals surface area contributed by atoms with E-state index >= 15 is 0 Å². The summed E-state index contributed by atoms with van der Waals surface area (Å²) in [6, 6.07) is 11.2. The van der Waals surface area contributed by atoms with Gasteiger partial charge in [-0.2, -0.15) is 0 Å². The number of nitro benzene ring substituents is 1. The maximum Gasteiger partial charge on any atom is 0.271 e. The molecule has 0 fully saturated rings. The molecule has 2 aromatic carbocycles. The Bertz CT molecular complexity index is 718. The monoisotopic (exact) mass is 428 g/mol. The van der Waals surface area contributed by atoms with Crippen LogP contribution in [0.1, 0.15) is 0 Å². The number of carbonyl (C=O) groups excluding carboxylic acids is 1. The zero-order chi connectivity index (χ0) is 16.8. The van der Waals surface area contributed by atoms with E-state index in [4.69, 9.17) is 9.47 Å². The summed E-state index contributed by atoms with van der Waals surface area (Å²) >= 11 is 2.17. The number of hydrogen-bond acceptors (Lipinski definition) is 5. The molecule has 0 aliphatic rings. The van der Waals surface area contributed by atoms with E-state index in [1.807, 2.05) is 12.1 Å². The molecule has 0 unspecified atom stereocenters. The molecule has 120 valence electrons. The first-order valence-corrected chi connectivity index (χ1v) is 7.58. The van der Waals surface area contributed by atoms with Crippen LogP contribution >= 0.6 is 22.6 Å². The summed E-state index contributed by atoms with van der Waals surface area (Å²) in [7, 11) is 1.42. The fourth-order valence-corrected chi connectivity index (χ4v) is 2.13. The highest BCUT2D eigenvalue weighted by Gasteiger charge is 2.14. The molecule has 0 aromatic heterocycles. The first-order chi connectivity index (χ1) is 11.0. The number of nitro groups is 1. The standard InChI is InChI=1S/C15H13IN2O5/c1-22-14-7-4-11(18(20)21)8-13(14)17-15(19)9-23-12-5-2-10(16)3-6-12/h2-8H,9H2,1H3,(H,17,19). The van der Waals surface area contributed by atoms with Crippen molar-refractivity contribution < 1.29 is 19.2 Å². The number of carbonyl (C=O) groups is 1. The lowest BCUT2D eigenvalue weighted by Crippen LogP contribution is -2.20. The van der Waals surface area contributed by atoms with Gasteiger partial charge in [0.15, 0.2) is 6.61 Å². The quantitative estimate of drug-likeness (QED) is 0.434. The van der Waals surface area contributed by atoms with Crippen molar-refractivity contribution in [3.05, 3.63) is 56.1 Å². The smallest absolute Gasteiger partial charge is 0.271 e. The first kappa shape index (κ1) is 17.0. The Balaban J connectivity index is 2.02. The number of ether oxygens (including phenoxy) is 2. The molecule has 0 atom stereocenters. The zero-order valence-electron chi connectivity index (χ0n) is 12.1. The number of nitrogens with one attached hydrogen (secondary N) is 1. The number of hydrogen-bond donors (Lipinski definition) is 1. The van der Waals surface area contributed by atoms with Gasteiger partial charge in [0.05, 0.1) is 17.7 Å².